The molecule has 0 saturated carbocycles. The Morgan fingerprint density at radius 3 is 1.39 bits per heavy atom. The quantitative estimate of drug-likeness (QED) is 0.157. The maximum absolute atomic E-state index is 2.68. The predicted octanol–water partition coefficient (Wildman–Crippen LogP) is 17.5. The van der Waals surface area contributed by atoms with Crippen molar-refractivity contribution in [1.82, 2.24) is 13.7 Å². The summed E-state index contributed by atoms with van der Waals surface area (Å²) in [7, 11) is 0. The number of rotatable bonds is 5. The minimum Gasteiger partial charge on any atom is -0.310 e. The zero-order valence-corrected chi connectivity index (χ0v) is 45.4. The third kappa shape index (κ3) is 6.57. The molecule has 0 atom stereocenters. The van der Waals surface area contributed by atoms with Crippen LogP contribution in [0.1, 0.15) is 52.7 Å². The second-order valence-corrected chi connectivity index (χ2v) is 24.1. The van der Waals surface area contributed by atoms with Gasteiger partial charge in [-0.3, -0.25) is 0 Å². The summed E-state index contributed by atoms with van der Waals surface area (Å²) < 4.78 is 7.63. The molecule has 0 saturated heterocycles. The summed E-state index contributed by atoms with van der Waals surface area (Å²) in [5, 5.41) is 7.52. The molecule has 2 aliphatic rings. The van der Waals surface area contributed by atoms with Crippen LogP contribution in [0.2, 0.25) is 0 Å². The van der Waals surface area contributed by atoms with Gasteiger partial charge in [0.1, 0.15) is 0 Å². The van der Waals surface area contributed by atoms with Crippen molar-refractivity contribution >= 4 is 106 Å². The van der Waals surface area contributed by atoms with Gasteiger partial charge in [0.15, 0.2) is 0 Å². The maximum atomic E-state index is 2.68. The van der Waals surface area contributed by atoms with Gasteiger partial charge in [0.05, 0.1) is 38.8 Å². The molecule has 0 unspecified atom stereocenters. The number of hydrogen-bond donors (Lipinski definition) is 0. The molecule has 5 heteroatoms. The van der Waals surface area contributed by atoms with Gasteiger partial charge in [-0.1, -0.05) is 205 Å². The van der Waals surface area contributed by atoms with Crippen molar-refractivity contribution in [3.63, 3.8) is 0 Å². The molecule has 0 fully saturated rings. The van der Waals surface area contributed by atoms with E-state index in [1.54, 1.807) is 0 Å². The number of para-hydroxylation sites is 6. The van der Waals surface area contributed by atoms with Crippen LogP contribution < -0.4 is 21.3 Å². The summed E-state index contributed by atoms with van der Waals surface area (Å²) in [5.41, 5.74) is 25.7. The molecule has 0 aliphatic carbocycles. The van der Waals surface area contributed by atoms with Crippen molar-refractivity contribution in [2.24, 2.45) is 0 Å². The average molecular weight is 1010 g/mol. The first-order valence-electron chi connectivity index (χ1n) is 28.0. The molecule has 79 heavy (non-hydrogen) atoms. The molecular formula is C74H57BN4. The van der Waals surface area contributed by atoms with Gasteiger partial charge in [-0.15, -0.1) is 0 Å². The molecule has 2 aliphatic heterocycles. The molecule has 5 heterocycles. The van der Waals surface area contributed by atoms with Crippen LogP contribution >= 0.6 is 0 Å². The van der Waals surface area contributed by atoms with E-state index in [-0.39, 0.29) is 17.5 Å². The van der Waals surface area contributed by atoms with Crippen LogP contribution in [-0.4, -0.2) is 20.4 Å². The fraction of sp³-hybridized carbons (Fsp3) is 0.108. The summed E-state index contributed by atoms with van der Waals surface area (Å²) >= 11 is 0. The molecule has 3 aromatic heterocycles. The van der Waals surface area contributed by atoms with E-state index in [1.165, 1.54) is 138 Å². The highest BCUT2D eigenvalue weighted by Crippen LogP contribution is 2.51. The van der Waals surface area contributed by atoms with Crippen LogP contribution in [0.25, 0.3) is 105 Å². The van der Waals surface area contributed by atoms with E-state index in [9.17, 15) is 0 Å². The van der Waals surface area contributed by atoms with Crippen molar-refractivity contribution in [2.75, 3.05) is 4.90 Å². The van der Waals surface area contributed by atoms with E-state index < -0.39 is 0 Å². The van der Waals surface area contributed by atoms with Crippen LogP contribution in [-0.2, 0) is 10.8 Å². The molecular weight excluding hydrogens is 956 g/mol. The number of benzene rings is 11. The van der Waals surface area contributed by atoms with Crippen molar-refractivity contribution in [2.45, 2.75) is 52.4 Å². The highest BCUT2D eigenvalue weighted by molar-refractivity contribution is 7.02. The predicted molar refractivity (Wildman–Crippen MR) is 337 cm³/mol. The third-order valence-electron chi connectivity index (χ3n) is 17.5. The van der Waals surface area contributed by atoms with E-state index in [2.05, 4.69) is 297 Å². The highest BCUT2D eigenvalue weighted by Gasteiger charge is 2.45. The van der Waals surface area contributed by atoms with Gasteiger partial charge >= 0.3 is 0 Å². The lowest BCUT2D eigenvalue weighted by Gasteiger charge is -2.42. The first-order valence-corrected chi connectivity index (χ1v) is 28.0. The van der Waals surface area contributed by atoms with Gasteiger partial charge in [0.25, 0.3) is 6.71 Å². The number of fused-ring (bicyclic) bond motifs is 14. The fourth-order valence-corrected chi connectivity index (χ4v) is 13.9. The Morgan fingerprint density at radius 2 is 0.810 bits per heavy atom. The van der Waals surface area contributed by atoms with Crippen LogP contribution in [0.5, 0.6) is 0 Å². The lowest BCUT2D eigenvalue weighted by Crippen LogP contribution is -2.60. The second-order valence-electron chi connectivity index (χ2n) is 24.1. The molecule has 16 rings (SSSR count). The van der Waals surface area contributed by atoms with Gasteiger partial charge in [0, 0.05) is 71.9 Å². The third-order valence-corrected chi connectivity index (χ3v) is 17.5. The number of anilines is 3. The SMILES string of the molecule is CC(C)(C)c1ccc(-c2cccc(-c3ccc(C(C)(C)C)cc3)c2N2c3cc4c5ccccc5n(-c5ccccc5)c4cc3B3c4c2cccc4-n2c4ccccc4c4cc5c(c3c42)c2ccccc2n5-c2ccccc2)cc1. The van der Waals surface area contributed by atoms with Crippen LogP contribution in [0.4, 0.5) is 17.1 Å². The fourth-order valence-electron chi connectivity index (χ4n) is 13.9. The van der Waals surface area contributed by atoms with Crippen molar-refractivity contribution in [3.05, 3.63) is 248 Å². The largest absolute Gasteiger partial charge is 0.310 e. The van der Waals surface area contributed by atoms with Crippen LogP contribution in [0, 0.1) is 0 Å². The topological polar surface area (TPSA) is 18.0 Å². The second kappa shape index (κ2) is 16.6. The monoisotopic (exact) mass is 1010 g/mol. The Labute approximate surface area is 461 Å². The van der Waals surface area contributed by atoms with Gasteiger partial charge < -0.3 is 18.6 Å². The summed E-state index contributed by atoms with van der Waals surface area (Å²) in [6.07, 6.45) is 0. The first-order chi connectivity index (χ1) is 38.5. The zero-order valence-electron chi connectivity index (χ0n) is 45.4. The molecule has 0 bridgehead atoms. The van der Waals surface area contributed by atoms with Gasteiger partial charge in [-0.25, -0.2) is 0 Å². The Balaban J connectivity index is 1.10. The minimum atomic E-state index is -0.158. The van der Waals surface area contributed by atoms with Crippen LogP contribution in [0.3, 0.4) is 0 Å². The van der Waals surface area contributed by atoms with Gasteiger partial charge in [0.2, 0.25) is 0 Å². The van der Waals surface area contributed by atoms with Crippen LogP contribution in [0.15, 0.2) is 237 Å². The Morgan fingerprint density at radius 1 is 0.329 bits per heavy atom. The molecule has 0 radical (unpaired) electrons. The number of aromatic nitrogens is 3. The summed E-state index contributed by atoms with van der Waals surface area (Å²) in [6.45, 7) is 13.7. The minimum absolute atomic E-state index is 0.00933. The standard InChI is InChI=1S/C74H57BN4/c1-73(2,3)48-39-35-46(36-40-48)52-28-19-29-53(47-37-41-49(42-38-47)74(4,5)6)71(52)79-64-34-20-33-63-69(64)75(59-45-65-57(43-66(59)79)54-25-13-16-30-60(54)76(65)50-21-9-7-10-22-50)70-68-56-27-15-18-32-62(56)77(51-23-11-8-12-24-51)67(68)44-58-55-26-14-17-31-61(55)78(63)72(58)70/h7-45H,1-6H3. The van der Waals surface area contributed by atoms with E-state index in [4.69, 9.17) is 0 Å². The highest BCUT2D eigenvalue weighted by atomic mass is 15.2. The Bertz CT molecular complexity index is 4760. The Hall–Kier alpha value is -9.32. The summed E-state index contributed by atoms with van der Waals surface area (Å²) in [4.78, 5) is 2.68. The molecule has 4 nitrogen and oxygen atoms in total. The van der Waals surface area contributed by atoms with Crippen molar-refractivity contribution in [1.29, 1.82) is 0 Å². The lowest BCUT2D eigenvalue weighted by molar-refractivity contribution is 0.590. The molecule has 0 spiro atoms. The van der Waals surface area contributed by atoms with Crippen molar-refractivity contribution < 1.29 is 0 Å². The summed E-state index contributed by atoms with van der Waals surface area (Å²) in [6, 6.07) is 89.7. The van der Waals surface area contributed by atoms with E-state index in [1.807, 2.05) is 0 Å². The van der Waals surface area contributed by atoms with Gasteiger partial charge in [-0.05, 0) is 122 Å². The lowest BCUT2D eigenvalue weighted by atomic mass is 9.33. The smallest absolute Gasteiger partial charge is 0.253 e. The van der Waals surface area contributed by atoms with E-state index in [0.717, 1.165) is 11.4 Å². The molecule has 14 aromatic rings. The zero-order chi connectivity index (χ0) is 53.1. The van der Waals surface area contributed by atoms with E-state index in [0.29, 0.717) is 0 Å². The molecule has 0 N–H and O–H groups in total. The average Bonchev–Trinajstić information content (AvgIpc) is 3.06. The van der Waals surface area contributed by atoms with Crippen molar-refractivity contribution in [3.8, 4) is 39.3 Å². The van der Waals surface area contributed by atoms with E-state index >= 15 is 0 Å². The molecule has 376 valence electrons. The summed E-state index contributed by atoms with van der Waals surface area (Å²) in [5.74, 6) is 0. The number of hydrogen-bond acceptors (Lipinski definition) is 1. The normalized spacial score (nSPS) is 13.1. The molecule has 11 aromatic carbocycles. The molecule has 0 amide bonds. The number of nitrogens with zero attached hydrogens (tertiary/aromatic N) is 4. The van der Waals surface area contributed by atoms with Gasteiger partial charge in [-0.2, -0.15) is 0 Å². The maximum Gasteiger partial charge on any atom is 0.253 e. The first kappa shape index (κ1) is 45.8. The Kier molecular flexibility index (Phi) is 9.63.